The Balaban J connectivity index is 2.08. The number of hydrogen-bond donors (Lipinski definition) is 0. The Morgan fingerprint density at radius 1 is 1.56 bits per heavy atom. The summed E-state index contributed by atoms with van der Waals surface area (Å²) in [5, 5.41) is 8.75. The summed E-state index contributed by atoms with van der Waals surface area (Å²) in [7, 11) is 1.67. The van der Waals surface area contributed by atoms with Gasteiger partial charge < -0.3 is 14.4 Å². The Morgan fingerprint density at radius 2 is 2.39 bits per heavy atom. The molecule has 2 unspecified atom stereocenters. The molecular formula is C13H17N3O2. The first-order chi connectivity index (χ1) is 8.72. The van der Waals surface area contributed by atoms with Crippen molar-refractivity contribution in [2.75, 3.05) is 31.7 Å². The van der Waals surface area contributed by atoms with Crippen LogP contribution in [-0.4, -0.2) is 44.0 Å². The predicted octanol–water partition coefficient (Wildman–Crippen LogP) is 1.19. The Hall–Kier alpha value is -1.64. The van der Waals surface area contributed by atoms with Crippen LogP contribution >= 0.6 is 0 Å². The number of rotatable bonds is 3. The Bertz CT molecular complexity index is 427. The summed E-state index contributed by atoms with van der Waals surface area (Å²) in [6, 6.07) is 5.73. The van der Waals surface area contributed by atoms with Crippen molar-refractivity contribution in [2.45, 2.75) is 19.1 Å². The van der Waals surface area contributed by atoms with Gasteiger partial charge in [0.1, 0.15) is 11.9 Å². The summed E-state index contributed by atoms with van der Waals surface area (Å²) < 4.78 is 10.9. The summed E-state index contributed by atoms with van der Waals surface area (Å²) in [5.41, 5.74) is 0.577. The molecule has 2 atom stereocenters. The van der Waals surface area contributed by atoms with Crippen LogP contribution in [0.4, 0.5) is 5.82 Å². The van der Waals surface area contributed by atoms with E-state index in [2.05, 4.69) is 16.0 Å². The monoisotopic (exact) mass is 247 g/mol. The molecule has 1 aliphatic rings. The van der Waals surface area contributed by atoms with Gasteiger partial charge in [-0.2, -0.15) is 5.26 Å². The molecule has 5 heteroatoms. The molecule has 0 radical (unpaired) electrons. The van der Waals surface area contributed by atoms with Gasteiger partial charge >= 0.3 is 0 Å². The summed E-state index contributed by atoms with van der Waals surface area (Å²) in [6.07, 6.45) is 1.81. The van der Waals surface area contributed by atoms with E-state index in [4.69, 9.17) is 14.7 Å². The van der Waals surface area contributed by atoms with Crippen LogP contribution in [0.2, 0.25) is 0 Å². The van der Waals surface area contributed by atoms with Gasteiger partial charge in [0.2, 0.25) is 0 Å². The summed E-state index contributed by atoms with van der Waals surface area (Å²) in [4.78, 5) is 6.47. The van der Waals surface area contributed by atoms with Crippen LogP contribution in [-0.2, 0) is 9.47 Å². The van der Waals surface area contributed by atoms with E-state index >= 15 is 0 Å². The fraction of sp³-hybridized carbons (Fsp3) is 0.538. The van der Waals surface area contributed by atoms with Crippen molar-refractivity contribution in [1.82, 2.24) is 4.98 Å². The maximum atomic E-state index is 8.75. The van der Waals surface area contributed by atoms with Gasteiger partial charge in [0.15, 0.2) is 0 Å². The molecule has 5 nitrogen and oxygen atoms in total. The first-order valence-electron chi connectivity index (χ1n) is 5.98. The minimum atomic E-state index is 0.0659. The molecule has 2 heterocycles. The molecule has 0 N–H and O–H groups in total. The molecule has 0 saturated carbocycles. The highest BCUT2D eigenvalue weighted by atomic mass is 16.5. The van der Waals surface area contributed by atoms with E-state index in [0.29, 0.717) is 12.2 Å². The van der Waals surface area contributed by atoms with Gasteiger partial charge in [-0.15, -0.1) is 0 Å². The lowest BCUT2D eigenvalue weighted by Crippen LogP contribution is -2.48. The van der Waals surface area contributed by atoms with Crippen LogP contribution in [0.3, 0.4) is 0 Å². The number of ether oxygens (including phenoxy) is 2. The van der Waals surface area contributed by atoms with Crippen LogP contribution in [0.15, 0.2) is 18.3 Å². The highest BCUT2D eigenvalue weighted by Gasteiger charge is 2.25. The van der Waals surface area contributed by atoms with E-state index in [1.54, 1.807) is 19.4 Å². The van der Waals surface area contributed by atoms with Crippen molar-refractivity contribution in [3.8, 4) is 6.07 Å². The van der Waals surface area contributed by atoms with Gasteiger partial charge in [0.05, 0.1) is 24.4 Å². The maximum Gasteiger partial charge on any atom is 0.128 e. The number of nitrogens with zero attached hydrogens (tertiary/aromatic N) is 3. The van der Waals surface area contributed by atoms with E-state index in [-0.39, 0.29) is 12.2 Å². The number of hydrogen-bond acceptors (Lipinski definition) is 5. The SMILES string of the molecule is COCC1CN(c2ccc(C#N)cn2)CC(C)O1. The quantitative estimate of drug-likeness (QED) is 0.803. The lowest BCUT2D eigenvalue weighted by molar-refractivity contribution is -0.0512. The summed E-state index contributed by atoms with van der Waals surface area (Å²) in [6.45, 7) is 4.19. The smallest absolute Gasteiger partial charge is 0.128 e. The van der Waals surface area contributed by atoms with E-state index in [1.807, 2.05) is 13.0 Å². The van der Waals surface area contributed by atoms with Crippen molar-refractivity contribution in [2.24, 2.45) is 0 Å². The molecule has 0 bridgehead atoms. The fourth-order valence-electron chi connectivity index (χ4n) is 2.15. The number of nitriles is 1. The fourth-order valence-corrected chi connectivity index (χ4v) is 2.15. The third-order valence-corrected chi connectivity index (χ3v) is 2.88. The van der Waals surface area contributed by atoms with E-state index in [9.17, 15) is 0 Å². The average molecular weight is 247 g/mol. The largest absolute Gasteiger partial charge is 0.382 e. The van der Waals surface area contributed by atoms with Gasteiger partial charge in [-0.05, 0) is 19.1 Å². The molecule has 1 aliphatic heterocycles. The molecule has 0 amide bonds. The van der Waals surface area contributed by atoms with Crippen molar-refractivity contribution in [1.29, 1.82) is 5.26 Å². The normalized spacial score (nSPS) is 23.7. The van der Waals surface area contributed by atoms with Crippen LogP contribution in [0, 0.1) is 11.3 Å². The molecular weight excluding hydrogens is 230 g/mol. The van der Waals surface area contributed by atoms with Crippen molar-refractivity contribution in [3.05, 3.63) is 23.9 Å². The van der Waals surface area contributed by atoms with Crippen LogP contribution < -0.4 is 4.90 Å². The lowest BCUT2D eigenvalue weighted by atomic mass is 10.2. The van der Waals surface area contributed by atoms with Gasteiger partial charge in [-0.1, -0.05) is 0 Å². The second-order valence-corrected chi connectivity index (χ2v) is 4.45. The van der Waals surface area contributed by atoms with Crippen LogP contribution in [0.1, 0.15) is 12.5 Å². The van der Waals surface area contributed by atoms with E-state index < -0.39 is 0 Å². The number of morpholine rings is 1. The minimum absolute atomic E-state index is 0.0659. The molecule has 1 fully saturated rings. The minimum Gasteiger partial charge on any atom is -0.382 e. The topological polar surface area (TPSA) is 58.4 Å². The van der Waals surface area contributed by atoms with E-state index in [1.165, 1.54) is 0 Å². The second-order valence-electron chi connectivity index (χ2n) is 4.45. The maximum absolute atomic E-state index is 8.75. The molecule has 0 spiro atoms. The van der Waals surface area contributed by atoms with Crippen molar-refractivity contribution >= 4 is 5.82 Å². The zero-order chi connectivity index (χ0) is 13.0. The predicted molar refractivity (Wildman–Crippen MR) is 67.4 cm³/mol. The Morgan fingerprint density at radius 3 is 3.00 bits per heavy atom. The standard InChI is InChI=1S/C13H17N3O2/c1-10-7-16(8-12(18-10)9-17-2)13-4-3-11(5-14)6-15-13/h3-4,6,10,12H,7-9H2,1-2H3. The van der Waals surface area contributed by atoms with Crippen molar-refractivity contribution in [3.63, 3.8) is 0 Å². The number of pyridine rings is 1. The van der Waals surface area contributed by atoms with Crippen LogP contribution in [0.25, 0.3) is 0 Å². The molecule has 2 rings (SSSR count). The zero-order valence-electron chi connectivity index (χ0n) is 10.7. The van der Waals surface area contributed by atoms with Gasteiger partial charge in [-0.25, -0.2) is 4.98 Å². The third-order valence-electron chi connectivity index (χ3n) is 2.88. The molecule has 1 aromatic heterocycles. The molecule has 18 heavy (non-hydrogen) atoms. The Labute approximate surface area is 107 Å². The average Bonchev–Trinajstić information content (AvgIpc) is 2.38. The van der Waals surface area contributed by atoms with Crippen LogP contribution in [0.5, 0.6) is 0 Å². The highest BCUT2D eigenvalue weighted by molar-refractivity contribution is 5.42. The lowest BCUT2D eigenvalue weighted by Gasteiger charge is -2.37. The first kappa shape index (κ1) is 12.8. The summed E-state index contributed by atoms with van der Waals surface area (Å²) in [5.74, 6) is 0.880. The van der Waals surface area contributed by atoms with Gasteiger partial charge in [0, 0.05) is 26.4 Å². The number of anilines is 1. The molecule has 0 aromatic carbocycles. The molecule has 1 aromatic rings. The molecule has 1 saturated heterocycles. The molecule has 0 aliphatic carbocycles. The first-order valence-corrected chi connectivity index (χ1v) is 5.98. The van der Waals surface area contributed by atoms with Crippen molar-refractivity contribution < 1.29 is 9.47 Å². The summed E-state index contributed by atoms with van der Waals surface area (Å²) >= 11 is 0. The van der Waals surface area contributed by atoms with Gasteiger partial charge in [-0.3, -0.25) is 0 Å². The number of methoxy groups -OCH3 is 1. The second kappa shape index (κ2) is 5.80. The third kappa shape index (κ3) is 2.97. The zero-order valence-corrected chi connectivity index (χ0v) is 10.7. The van der Waals surface area contributed by atoms with E-state index in [0.717, 1.165) is 18.9 Å². The Kier molecular flexibility index (Phi) is 4.13. The molecule has 96 valence electrons. The highest BCUT2D eigenvalue weighted by Crippen LogP contribution is 2.18. The number of aromatic nitrogens is 1. The van der Waals surface area contributed by atoms with Gasteiger partial charge in [0.25, 0.3) is 0 Å².